The Hall–Kier alpha value is -1.69. The van der Waals surface area contributed by atoms with Crippen LogP contribution in [0.2, 0.25) is 0 Å². The minimum Gasteiger partial charge on any atom is -0.497 e. The van der Waals surface area contributed by atoms with Gasteiger partial charge in [0.05, 0.1) is 13.7 Å². The molecule has 0 bridgehead atoms. The zero-order valence-electron chi connectivity index (χ0n) is 12.6. The molecule has 0 spiro atoms. The molecule has 0 saturated carbocycles. The van der Waals surface area contributed by atoms with Crippen LogP contribution in [0.4, 0.5) is 0 Å². The summed E-state index contributed by atoms with van der Waals surface area (Å²) >= 11 is 1.60. The van der Waals surface area contributed by atoms with Gasteiger partial charge in [-0.3, -0.25) is 9.59 Å². The average molecular weight is 310 g/mol. The second-order valence-electron chi connectivity index (χ2n) is 4.77. The van der Waals surface area contributed by atoms with E-state index in [4.69, 9.17) is 4.74 Å². The molecular formula is C15H22N2O3S. The molecule has 116 valence electrons. The quantitative estimate of drug-likeness (QED) is 0.719. The number of hydrogen-bond acceptors (Lipinski definition) is 4. The molecular weight excluding hydrogens is 288 g/mol. The molecule has 0 aliphatic rings. The number of benzene rings is 1. The summed E-state index contributed by atoms with van der Waals surface area (Å²) in [5, 5.41) is 5.33. The first-order valence-corrected chi connectivity index (χ1v) is 7.82. The first kappa shape index (κ1) is 17.4. The maximum atomic E-state index is 11.6. The minimum atomic E-state index is -0.166. The predicted octanol–water partition coefficient (Wildman–Crippen LogP) is 1.82. The fraction of sp³-hybridized carbons (Fsp3) is 0.467. The van der Waals surface area contributed by atoms with Crippen LogP contribution in [0.5, 0.6) is 5.75 Å². The summed E-state index contributed by atoms with van der Waals surface area (Å²) in [4.78, 5) is 24.1. The van der Waals surface area contributed by atoms with Gasteiger partial charge in [0.2, 0.25) is 11.8 Å². The number of carbonyl (C=O) groups excluding carboxylic acids is 2. The molecule has 0 atom stereocenters. The van der Waals surface area contributed by atoms with Gasteiger partial charge in [-0.25, -0.2) is 0 Å². The van der Waals surface area contributed by atoms with E-state index >= 15 is 0 Å². The van der Waals surface area contributed by atoms with E-state index < -0.39 is 0 Å². The van der Waals surface area contributed by atoms with Crippen LogP contribution in [-0.4, -0.2) is 37.3 Å². The third kappa shape index (κ3) is 7.60. The van der Waals surface area contributed by atoms with Crippen LogP contribution in [-0.2, 0) is 9.59 Å². The molecule has 0 aliphatic heterocycles. The van der Waals surface area contributed by atoms with Crippen LogP contribution in [0.1, 0.15) is 20.3 Å². The smallest absolute Gasteiger partial charge is 0.239 e. The van der Waals surface area contributed by atoms with E-state index in [1.165, 1.54) is 0 Å². The van der Waals surface area contributed by atoms with Gasteiger partial charge < -0.3 is 15.4 Å². The number of methoxy groups -OCH3 is 1. The second kappa shape index (κ2) is 9.28. The topological polar surface area (TPSA) is 67.4 Å². The average Bonchev–Trinajstić information content (AvgIpc) is 2.45. The molecule has 0 heterocycles. The van der Waals surface area contributed by atoms with Gasteiger partial charge in [0.25, 0.3) is 0 Å². The largest absolute Gasteiger partial charge is 0.497 e. The molecule has 1 aromatic rings. The predicted molar refractivity (Wildman–Crippen MR) is 84.6 cm³/mol. The van der Waals surface area contributed by atoms with Crippen molar-refractivity contribution in [2.75, 3.05) is 19.4 Å². The highest BCUT2D eigenvalue weighted by atomic mass is 32.2. The third-order valence-corrected chi connectivity index (χ3v) is 3.57. The standard InChI is InChI=1S/C15H22N2O3S/c1-11(2)17-15(19)10-16-14(18)8-9-21-13-6-4-12(20-3)5-7-13/h4-7,11H,8-10H2,1-3H3,(H,16,18)(H,17,19). The molecule has 0 unspecified atom stereocenters. The van der Waals surface area contributed by atoms with Crippen LogP contribution >= 0.6 is 11.8 Å². The summed E-state index contributed by atoms with van der Waals surface area (Å²) in [7, 11) is 1.63. The monoisotopic (exact) mass is 310 g/mol. The normalized spacial score (nSPS) is 10.3. The van der Waals surface area contributed by atoms with Crippen molar-refractivity contribution in [3.63, 3.8) is 0 Å². The summed E-state index contributed by atoms with van der Waals surface area (Å²) < 4.78 is 5.08. The Bertz CT molecular complexity index is 460. The minimum absolute atomic E-state index is 0.0320. The molecule has 0 fully saturated rings. The Morgan fingerprint density at radius 2 is 1.86 bits per heavy atom. The zero-order valence-corrected chi connectivity index (χ0v) is 13.5. The lowest BCUT2D eigenvalue weighted by molar-refractivity contribution is -0.126. The highest BCUT2D eigenvalue weighted by Crippen LogP contribution is 2.21. The molecule has 0 aliphatic carbocycles. The van der Waals surface area contributed by atoms with Crippen LogP contribution in [0, 0.1) is 0 Å². The lowest BCUT2D eigenvalue weighted by Crippen LogP contribution is -2.39. The number of hydrogen-bond donors (Lipinski definition) is 2. The summed E-state index contributed by atoms with van der Waals surface area (Å²) in [5.74, 6) is 1.20. The van der Waals surface area contributed by atoms with Crippen molar-refractivity contribution in [1.82, 2.24) is 10.6 Å². The van der Waals surface area contributed by atoms with Gasteiger partial charge in [-0.1, -0.05) is 0 Å². The third-order valence-electron chi connectivity index (χ3n) is 2.55. The highest BCUT2D eigenvalue weighted by molar-refractivity contribution is 7.99. The summed E-state index contributed by atoms with van der Waals surface area (Å²) in [6, 6.07) is 7.77. The van der Waals surface area contributed by atoms with Gasteiger partial charge in [-0.05, 0) is 38.1 Å². The Morgan fingerprint density at radius 3 is 2.43 bits per heavy atom. The van der Waals surface area contributed by atoms with Gasteiger partial charge >= 0.3 is 0 Å². The van der Waals surface area contributed by atoms with Crippen molar-refractivity contribution >= 4 is 23.6 Å². The van der Waals surface area contributed by atoms with E-state index in [0.29, 0.717) is 12.2 Å². The number of rotatable bonds is 8. The van der Waals surface area contributed by atoms with Crippen molar-refractivity contribution in [3.8, 4) is 5.75 Å². The molecule has 5 nitrogen and oxygen atoms in total. The Kier molecular flexibility index (Phi) is 7.68. The molecule has 0 aromatic heterocycles. The van der Waals surface area contributed by atoms with Crippen LogP contribution in [0.15, 0.2) is 29.2 Å². The van der Waals surface area contributed by atoms with Crippen LogP contribution in [0.3, 0.4) is 0 Å². The maximum Gasteiger partial charge on any atom is 0.239 e. The zero-order chi connectivity index (χ0) is 15.7. The number of ether oxygens (including phenoxy) is 1. The van der Waals surface area contributed by atoms with Crippen molar-refractivity contribution in [2.24, 2.45) is 0 Å². The highest BCUT2D eigenvalue weighted by Gasteiger charge is 2.06. The molecule has 0 radical (unpaired) electrons. The second-order valence-corrected chi connectivity index (χ2v) is 5.94. The SMILES string of the molecule is COc1ccc(SCCC(=O)NCC(=O)NC(C)C)cc1. The molecule has 1 aromatic carbocycles. The summed E-state index contributed by atoms with van der Waals surface area (Å²) in [6.07, 6.45) is 0.381. The molecule has 2 N–H and O–H groups in total. The van der Waals surface area contributed by atoms with Gasteiger partial charge in [0.1, 0.15) is 5.75 Å². The number of amides is 2. The van der Waals surface area contributed by atoms with Gasteiger partial charge in [-0.15, -0.1) is 11.8 Å². The Balaban J connectivity index is 2.19. The molecule has 21 heavy (non-hydrogen) atoms. The van der Waals surface area contributed by atoms with E-state index in [1.54, 1.807) is 18.9 Å². The molecule has 6 heteroatoms. The van der Waals surface area contributed by atoms with E-state index in [0.717, 1.165) is 10.6 Å². The first-order chi connectivity index (χ1) is 10.0. The van der Waals surface area contributed by atoms with E-state index in [9.17, 15) is 9.59 Å². The van der Waals surface area contributed by atoms with E-state index in [2.05, 4.69) is 10.6 Å². The van der Waals surface area contributed by atoms with Gasteiger partial charge in [-0.2, -0.15) is 0 Å². The van der Waals surface area contributed by atoms with Crippen molar-refractivity contribution < 1.29 is 14.3 Å². The molecule has 2 amide bonds. The van der Waals surface area contributed by atoms with Crippen molar-refractivity contribution in [1.29, 1.82) is 0 Å². The van der Waals surface area contributed by atoms with Gasteiger partial charge in [0.15, 0.2) is 0 Å². The van der Waals surface area contributed by atoms with E-state index in [-0.39, 0.29) is 24.4 Å². The Morgan fingerprint density at radius 1 is 1.19 bits per heavy atom. The van der Waals surface area contributed by atoms with Crippen molar-refractivity contribution in [3.05, 3.63) is 24.3 Å². The number of nitrogens with one attached hydrogen (secondary N) is 2. The lowest BCUT2D eigenvalue weighted by atomic mass is 10.3. The van der Waals surface area contributed by atoms with E-state index in [1.807, 2.05) is 38.1 Å². The lowest BCUT2D eigenvalue weighted by Gasteiger charge is -2.09. The molecule has 1 rings (SSSR count). The van der Waals surface area contributed by atoms with Crippen LogP contribution in [0.25, 0.3) is 0 Å². The Labute approximate surface area is 129 Å². The fourth-order valence-electron chi connectivity index (χ4n) is 1.57. The molecule has 0 saturated heterocycles. The first-order valence-electron chi connectivity index (χ1n) is 6.84. The van der Waals surface area contributed by atoms with Gasteiger partial charge in [0, 0.05) is 23.1 Å². The summed E-state index contributed by atoms with van der Waals surface area (Å²) in [6.45, 7) is 3.79. The fourth-order valence-corrected chi connectivity index (χ4v) is 2.43. The van der Waals surface area contributed by atoms with Crippen molar-refractivity contribution in [2.45, 2.75) is 31.2 Å². The summed E-state index contributed by atoms with van der Waals surface area (Å²) in [5.41, 5.74) is 0. The number of thioether (sulfide) groups is 1. The van der Waals surface area contributed by atoms with Crippen LogP contribution < -0.4 is 15.4 Å². The number of carbonyl (C=O) groups is 2. The maximum absolute atomic E-state index is 11.6.